The number of fused-ring (bicyclic) bond motifs is 1. The third-order valence-electron chi connectivity index (χ3n) is 5.10. The molecule has 6 nitrogen and oxygen atoms in total. The van der Waals surface area contributed by atoms with Crippen LogP contribution >= 0.6 is 0 Å². The van der Waals surface area contributed by atoms with Gasteiger partial charge in [-0.2, -0.15) is 18.3 Å². The van der Waals surface area contributed by atoms with Crippen LogP contribution in [-0.4, -0.2) is 27.2 Å². The van der Waals surface area contributed by atoms with Crippen LogP contribution in [0.15, 0.2) is 42.7 Å². The Labute approximate surface area is 180 Å². The minimum Gasteiger partial charge on any atom is -0.384 e. The summed E-state index contributed by atoms with van der Waals surface area (Å²) in [6.45, 7) is 1.29. The summed E-state index contributed by atoms with van der Waals surface area (Å²) in [4.78, 5) is 18.5. The van der Waals surface area contributed by atoms with Gasteiger partial charge in [0.1, 0.15) is 18.2 Å². The van der Waals surface area contributed by atoms with E-state index in [4.69, 9.17) is 5.73 Å². The number of anilines is 2. The number of rotatable bonds is 2. The molecule has 0 spiro atoms. The number of alkyl halides is 4. The molecule has 0 bridgehead atoms. The molecule has 10 heteroatoms. The van der Waals surface area contributed by atoms with Gasteiger partial charge in [-0.1, -0.05) is 11.8 Å². The van der Waals surface area contributed by atoms with Gasteiger partial charge < -0.3 is 10.6 Å². The first-order valence-electron chi connectivity index (χ1n) is 9.58. The van der Waals surface area contributed by atoms with Gasteiger partial charge in [-0.25, -0.2) is 9.37 Å². The van der Waals surface area contributed by atoms with Crippen molar-refractivity contribution >= 4 is 17.4 Å². The van der Waals surface area contributed by atoms with Crippen LogP contribution in [0, 0.1) is 11.8 Å². The van der Waals surface area contributed by atoms with E-state index in [1.807, 2.05) is 6.92 Å². The number of nitrogen functional groups attached to an aromatic ring is 1. The molecule has 0 radical (unpaired) electrons. The van der Waals surface area contributed by atoms with Crippen LogP contribution in [0.3, 0.4) is 0 Å². The lowest BCUT2D eigenvalue weighted by atomic mass is 10.1. The number of carbonyl (C=O) groups excluding carboxylic acids is 1. The Morgan fingerprint density at radius 2 is 1.84 bits per heavy atom. The van der Waals surface area contributed by atoms with E-state index in [0.29, 0.717) is 16.8 Å². The Morgan fingerprint density at radius 3 is 2.50 bits per heavy atom. The van der Waals surface area contributed by atoms with Gasteiger partial charge >= 0.3 is 6.18 Å². The van der Waals surface area contributed by atoms with Crippen LogP contribution in [-0.2, 0) is 12.9 Å². The highest BCUT2D eigenvalue weighted by Gasteiger charge is 2.34. The first kappa shape index (κ1) is 21.4. The maximum Gasteiger partial charge on any atom is 0.416 e. The van der Waals surface area contributed by atoms with Crippen LogP contribution in [0.2, 0.25) is 0 Å². The molecule has 4 rings (SSSR count). The number of carbonyl (C=O) groups is 1. The standard InChI is InChI=1S/C22H17F4N5O/c1-13-12-30(18-6-4-17(5-7-18)22(24,25)26)21(32)20-15(11-29-31(13)20)3-2-14-10-28-19(27)8-16(14)9-23/h4-8,10-11,13H,9,12H2,1H3,(H2,27,28)/t13-/m0/s1/i23-1. The lowest BCUT2D eigenvalue weighted by molar-refractivity contribution is -0.137. The van der Waals surface area contributed by atoms with Crippen molar-refractivity contribution in [1.82, 2.24) is 14.8 Å². The van der Waals surface area contributed by atoms with Crippen molar-refractivity contribution in [1.29, 1.82) is 0 Å². The maximum atomic E-state index is 13.3. The van der Waals surface area contributed by atoms with Gasteiger partial charge in [0.15, 0.2) is 0 Å². The average Bonchev–Trinajstić information content (AvgIpc) is 3.20. The molecule has 1 amide bonds. The fourth-order valence-corrected chi connectivity index (χ4v) is 3.48. The minimum absolute atomic E-state index is 0.169. The second kappa shape index (κ2) is 8.00. The highest BCUT2D eigenvalue weighted by molar-refractivity contribution is 6.07. The van der Waals surface area contributed by atoms with Crippen LogP contribution in [0.25, 0.3) is 0 Å². The van der Waals surface area contributed by atoms with Crippen molar-refractivity contribution in [3.63, 3.8) is 0 Å². The highest BCUT2D eigenvalue weighted by atomic mass is 19.4. The molecule has 3 aromatic rings. The molecule has 3 heterocycles. The highest BCUT2D eigenvalue weighted by Crippen LogP contribution is 2.32. The third-order valence-corrected chi connectivity index (χ3v) is 5.10. The molecule has 0 saturated carbocycles. The molecule has 0 unspecified atom stereocenters. The normalized spacial score (nSPS) is 15.8. The monoisotopic (exact) mass is 442 g/mol. The van der Waals surface area contributed by atoms with Gasteiger partial charge in [-0.05, 0) is 37.3 Å². The van der Waals surface area contributed by atoms with Crippen LogP contribution in [0.5, 0.6) is 0 Å². The molecular weight excluding hydrogens is 425 g/mol. The number of benzene rings is 1. The quantitative estimate of drug-likeness (QED) is 0.481. The van der Waals surface area contributed by atoms with Crippen molar-refractivity contribution < 1.29 is 22.4 Å². The van der Waals surface area contributed by atoms with E-state index in [9.17, 15) is 22.4 Å². The Kier molecular flexibility index (Phi) is 5.34. The van der Waals surface area contributed by atoms with Crippen molar-refractivity contribution in [2.75, 3.05) is 17.2 Å². The summed E-state index contributed by atoms with van der Waals surface area (Å²) in [7, 11) is 0. The summed E-state index contributed by atoms with van der Waals surface area (Å²) >= 11 is 0. The summed E-state index contributed by atoms with van der Waals surface area (Å²) in [5.74, 6) is 5.37. The van der Waals surface area contributed by atoms with Gasteiger partial charge in [-0.15, -0.1) is 0 Å². The van der Waals surface area contributed by atoms with Crippen molar-refractivity contribution in [3.8, 4) is 11.8 Å². The smallest absolute Gasteiger partial charge is 0.384 e. The number of aromatic nitrogens is 3. The van der Waals surface area contributed by atoms with Gasteiger partial charge in [0, 0.05) is 29.6 Å². The molecule has 0 saturated heterocycles. The second-order valence-corrected chi connectivity index (χ2v) is 7.31. The molecule has 1 aliphatic rings. The predicted octanol–water partition coefficient (Wildman–Crippen LogP) is 3.97. The number of hydrogen-bond acceptors (Lipinski definition) is 4. The SMILES string of the molecule is C[C@H]1CN(c2ccc(C(F)(F)F)cc2)C(=O)c2c(C#Cc3cnc(N)cc3C[18F])cnn21. The van der Waals surface area contributed by atoms with E-state index >= 15 is 0 Å². The number of amides is 1. The fraction of sp³-hybridized carbons (Fsp3) is 0.227. The van der Waals surface area contributed by atoms with Gasteiger partial charge in [-0.3, -0.25) is 9.48 Å². The van der Waals surface area contributed by atoms with E-state index in [-0.39, 0.29) is 29.7 Å². The first-order chi connectivity index (χ1) is 15.2. The molecular formula is C22H17F4N5O. The Morgan fingerprint density at radius 1 is 1.16 bits per heavy atom. The average molecular weight is 442 g/mol. The molecule has 1 aromatic carbocycles. The summed E-state index contributed by atoms with van der Waals surface area (Å²) in [5, 5.41) is 4.24. The molecule has 0 fully saturated rings. The van der Waals surface area contributed by atoms with Gasteiger partial charge in [0.2, 0.25) is 0 Å². The topological polar surface area (TPSA) is 77.0 Å². The van der Waals surface area contributed by atoms with Crippen LogP contribution in [0.1, 0.15) is 45.7 Å². The lowest BCUT2D eigenvalue weighted by Crippen LogP contribution is -2.43. The molecule has 2 aromatic heterocycles. The Balaban J connectivity index is 1.69. The summed E-state index contributed by atoms with van der Waals surface area (Å²) in [5.41, 5.74) is 6.25. The Hall–Kier alpha value is -3.87. The Bertz CT molecular complexity index is 1240. The molecule has 1 aliphatic heterocycles. The third kappa shape index (κ3) is 3.89. The van der Waals surface area contributed by atoms with Gasteiger partial charge in [0.05, 0.1) is 23.4 Å². The molecule has 32 heavy (non-hydrogen) atoms. The number of pyridine rings is 1. The number of halogens is 4. The van der Waals surface area contributed by atoms with E-state index < -0.39 is 24.3 Å². The zero-order chi connectivity index (χ0) is 23.0. The van der Waals surface area contributed by atoms with Crippen LogP contribution < -0.4 is 10.6 Å². The molecule has 1 atom stereocenters. The largest absolute Gasteiger partial charge is 0.416 e. The first-order valence-corrected chi connectivity index (χ1v) is 9.58. The molecule has 2 N–H and O–H groups in total. The maximum absolute atomic E-state index is 13.3. The summed E-state index contributed by atoms with van der Waals surface area (Å²) < 4.78 is 53.4. The molecule has 164 valence electrons. The second-order valence-electron chi connectivity index (χ2n) is 7.31. The van der Waals surface area contributed by atoms with Crippen molar-refractivity contribution in [2.24, 2.45) is 0 Å². The van der Waals surface area contributed by atoms with Crippen molar-refractivity contribution in [2.45, 2.75) is 25.8 Å². The van der Waals surface area contributed by atoms with Gasteiger partial charge in [0.25, 0.3) is 5.91 Å². The number of nitrogens with zero attached hydrogens (tertiary/aromatic N) is 4. The van der Waals surface area contributed by atoms with Crippen LogP contribution in [0.4, 0.5) is 29.1 Å². The summed E-state index contributed by atoms with van der Waals surface area (Å²) in [6, 6.07) is 5.55. The fourth-order valence-electron chi connectivity index (χ4n) is 3.48. The van der Waals surface area contributed by atoms with Crippen molar-refractivity contribution in [3.05, 3.63) is 70.7 Å². The number of hydrogen-bond donors (Lipinski definition) is 1. The van der Waals surface area contributed by atoms with E-state index in [0.717, 1.165) is 12.1 Å². The van der Waals surface area contributed by atoms with E-state index in [1.54, 1.807) is 0 Å². The molecule has 0 aliphatic carbocycles. The van der Waals surface area contributed by atoms with E-state index in [1.165, 1.54) is 40.2 Å². The lowest BCUT2D eigenvalue weighted by Gasteiger charge is -2.32. The number of nitrogens with two attached hydrogens (primary N) is 1. The minimum atomic E-state index is -4.46. The zero-order valence-electron chi connectivity index (χ0n) is 16.8. The zero-order valence-corrected chi connectivity index (χ0v) is 16.8. The summed E-state index contributed by atoms with van der Waals surface area (Å²) in [6.07, 6.45) is -1.67. The predicted molar refractivity (Wildman–Crippen MR) is 109 cm³/mol. The van der Waals surface area contributed by atoms with E-state index in [2.05, 4.69) is 21.9 Å².